The minimum absolute atomic E-state index is 0.141. The van der Waals surface area contributed by atoms with E-state index in [0.29, 0.717) is 61.7 Å². The number of benzene rings is 2. The van der Waals surface area contributed by atoms with E-state index >= 15 is 0 Å². The summed E-state index contributed by atoms with van der Waals surface area (Å²) in [6, 6.07) is 14.5. The van der Waals surface area contributed by atoms with Gasteiger partial charge in [0.25, 0.3) is 5.91 Å². The van der Waals surface area contributed by atoms with Gasteiger partial charge in [-0.15, -0.1) is 0 Å². The molecule has 0 spiro atoms. The van der Waals surface area contributed by atoms with Crippen LogP contribution in [0.1, 0.15) is 30.9 Å². The van der Waals surface area contributed by atoms with Crippen molar-refractivity contribution < 1.29 is 18.0 Å². The maximum absolute atomic E-state index is 13.6. The second-order valence-corrected chi connectivity index (χ2v) is 12.1. The SMILES string of the molecule is CCCN(OCc1ccc(N)cc1)C(=O)C1=Cc2ccc(-c3cncc(S(=O)(=O)N4CCNCC4)c3)cc2N=C(N)C1. The number of sulfonamides is 1. The van der Waals surface area contributed by atoms with Crippen LogP contribution in [0.15, 0.2) is 76.4 Å². The smallest absolute Gasteiger partial charge is 0.273 e. The third kappa shape index (κ3) is 6.68. The van der Waals surface area contributed by atoms with Crippen LogP contribution in [-0.2, 0) is 26.3 Å². The Morgan fingerprint density at radius 1 is 1.05 bits per heavy atom. The molecule has 1 fully saturated rings. The third-order valence-electron chi connectivity index (χ3n) is 7.05. The Bertz CT molecular complexity index is 1610. The van der Waals surface area contributed by atoms with E-state index in [1.54, 1.807) is 30.5 Å². The number of carbonyl (C=O) groups is 1. The zero-order valence-corrected chi connectivity index (χ0v) is 24.3. The monoisotopic (exact) mass is 589 g/mol. The predicted molar refractivity (Wildman–Crippen MR) is 163 cm³/mol. The number of nitrogen functional groups attached to an aromatic ring is 1. The molecular weight excluding hydrogens is 554 g/mol. The molecule has 42 heavy (non-hydrogen) atoms. The highest BCUT2D eigenvalue weighted by atomic mass is 32.2. The van der Waals surface area contributed by atoms with Gasteiger partial charge in [-0.3, -0.25) is 14.6 Å². The molecule has 5 N–H and O–H groups in total. The summed E-state index contributed by atoms with van der Waals surface area (Å²) in [6.07, 6.45) is 5.64. The van der Waals surface area contributed by atoms with Crippen LogP contribution in [0.4, 0.5) is 11.4 Å². The quantitative estimate of drug-likeness (QED) is 0.254. The standard InChI is InChI=1S/C30H35N7O4S/c1-2-11-37(41-20-21-3-7-26(31)8-4-21)30(38)24-14-23-6-5-22(16-28(23)35-29(32)17-24)25-15-27(19-34-18-25)42(39,40)36-12-9-33-10-13-36/h3-8,14-16,18-19,33H,2,9-13,17,20,31H2,1H3,(H2,32,35). The van der Waals surface area contributed by atoms with Crippen LogP contribution < -0.4 is 16.8 Å². The summed E-state index contributed by atoms with van der Waals surface area (Å²) in [5, 5.41) is 4.53. The Labute approximate surface area is 245 Å². The number of nitrogens with zero attached hydrogens (tertiary/aromatic N) is 4. The first-order valence-corrected chi connectivity index (χ1v) is 15.3. The highest BCUT2D eigenvalue weighted by Gasteiger charge is 2.27. The van der Waals surface area contributed by atoms with Gasteiger partial charge in [0, 0.05) is 73.9 Å². The summed E-state index contributed by atoms with van der Waals surface area (Å²) in [6.45, 7) is 4.65. The normalized spacial score (nSPS) is 15.7. The van der Waals surface area contributed by atoms with Crippen molar-refractivity contribution in [3.63, 3.8) is 0 Å². The number of amidine groups is 1. The number of hydroxylamine groups is 2. The number of hydrogen-bond acceptors (Lipinski definition) is 9. The topological polar surface area (TPSA) is 156 Å². The summed E-state index contributed by atoms with van der Waals surface area (Å²) in [5.41, 5.74) is 16.7. The molecule has 11 nitrogen and oxygen atoms in total. The number of rotatable bonds is 9. The number of piperazine rings is 1. The molecule has 220 valence electrons. The molecule has 3 aromatic rings. The third-order valence-corrected chi connectivity index (χ3v) is 8.91. The van der Waals surface area contributed by atoms with Gasteiger partial charge in [-0.1, -0.05) is 31.2 Å². The number of pyridine rings is 1. The molecule has 0 saturated carbocycles. The molecule has 0 bridgehead atoms. The highest BCUT2D eigenvalue weighted by molar-refractivity contribution is 7.89. The Hall–Kier alpha value is -4.10. The molecule has 1 amide bonds. The van der Waals surface area contributed by atoms with Crippen molar-refractivity contribution in [2.75, 3.05) is 38.5 Å². The fraction of sp³-hybridized carbons (Fsp3) is 0.300. The minimum atomic E-state index is -3.66. The van der Waals surface area contributed by atoms with Crippen LogP contribution in [0.5, 0.6) is 0 Å². The molecule has 0 atom stereocenters. The molecule has 0 aliphatic carbocycles. The molecule has 2 aliphatic rings. The van der Waals surface area contributed by atoms with Crippen LogP contribution in [0, 0.1) is 0 Å². The van der Waals surface area contributed by atoms with Crippen molar-refractivity contribution in [3.05, 3.63) is 77.6 Å². The maximum Gasteiger partial charge on any atom is 0.273 e. The van der Waals surface area contributed by atoms with Crippen molar-refractivity contribution in [2.24, 2.45) is 10.7 Å². The first-order chi connectivity index (χ1) is 20.2. The zero-order chi connectivity index (χ0) is 29.7. The van der Waals surface area contributed by atoms with Crippen molar-refractivity contribution in [1.82, 2.24) is 19.7 Å². The van der Waals surface area contributed by atoms with Crippen molar-refractivity contribution >= 4 is 39.2 Å². The molecular formula is C30H35N7O4S. The van der Waals surface area contributed by atoms with Gasteiger partial charge in [-0.05, 0) is 47.9 Å². The highest BCUT2D eigenvalue weighted by Crippen LogP contribution is 2.33. The van der Waals surface area contributed by atoms with E-state index < -0.39 is 10.0 Å². The van der Waals surface area contributed by atoms with Crippen molar-refractivity contribution in [2.45, 2.75) is 31.3 Å². The summed E-state index contributed by atoms with van der Waals surface area (Å²) in [5.74, 6) is 0.00559. The van der Waals surface area contributed by atoms with Gasteiger partial charge in [0.2, 0.25) is 10.0 Å². The fourth-order valence-electron chi connectivity index (χ4n) is 4.81. The number of aromatic nitrogens is 1. The second kappa shape index (κ2) is 12.8. The van der Waals surface area contributed by atoms with E-state index in [1.807, 2.05) is 37.3 Å². The van der Waals surface area contributed by atoms with Crippen LogP contribution >= 0.6 is 0 Å². The lowest BCUT2D eigenvalue weighted by Crippen LogP contribution is -2.46. The zero-order valence-electron chi connectivity index (χ0n) is 23.5. The van der Waals surface area contributed by atoms with E-state index in [9.17, 15) is 13.2 Å². The first-order valence-electron chi connectivity index (χ1n) is 13.9. The largest absolute Gasteiger partial charge is 0.399 e. The van der Waals surface area contributed by atoms with E-state index in [2.05, 4.69) is 15.3 Å². The number of nitrogens with one attached hydrogen (secondary N) is 1. The molecule has 1 aromatic heterocycles. The van der Waals surface area contributed by atoms with E-state index in [4.69, 9.17) is 16.3 Å². The van der Waals surface area contributed by atoms with Gasteiger partial charge in [0.1, 0.15) is 17.3 Å². The van der Waals surface area contributed by atoms with E-state index in [-0.39, 0.29) is 29.7 Å². The molecule has 2 aliphatic heterocycles. The Kier molecular flexibility index (Phi) is 8.97. The van der Waals surface area contributed by atoms with Crippen LogP contribution in [0.25, 0.3) is 17.2 Å². The van der Waals surface area contributed by atoms with E-state index in [0.717, 1.165) is 16.7 Å². The average Bonchev–Trinajstić information content (AvgIpc) is 3.17. The molecule has 1 saturated heterocycles. The van der Waals surface area contributed by atoms with Gasteiger partial charge in [0.05, 0.1) is 5.69 Å². The second-order valence-electron chi connectivity index (χ2n) is 10.2. The summed E-state index contributed by atoms with van der Waals surface area (Å²) < 4.78 is 27.9. The maximum atomic E-state index is 13.6. The van der Waals surface area contributed by atoms with Gasteiger partial charge < -0.3 is 16.8 Å². The fourth-order valence-corrected chi connectivity index (χ4v) is 6.24. The number of carbonyl (C=O) groups excluding carboxylic acids is 1. The van der Waals surface area contributed by atoms with Crippen molar-refractivity contribution in [3.8, 4) is 11.1 Å². The van der Waals surface area contributed by atoms with E-state index in [1.165, 1.54) is 15.6 Å². The van der Waals surface area contributed by atoms with Crippen LogP contribution in [-0.4, -0.2) is 67.2 Å². The molecule has 0 unspecified atom stereocenters. The van der Waals surface area contributed by atoms with Crippen LogP contribution in [0.2, 0.25) is 0 Å². The molecule has 5 rings (SSSR count). The van der Waals surface area contributed by atoms with Gasteiger partial charge in [-0.2, -0.15) is 4.31 Å². The number of anilines is 1. The van der Waals surface area contributed by atoms with Gasteiger partial charge >= 0.3 is 0 Å². The Balaban J connectivity index is 1.39. The van der Waals surface area contributed by atoms with Gasteiger partial charge in [-0.25, -0.2) is 18.5 Å². The molecule has 3 heterocycles. The lowest BCUT2D eigenvalue weighted by atomic mass is 10.0. The summed E-state index contributed by atoms with van der Waals surface area (Å²) >= 11 is 0. The Morgan fingerprint density at radius 2 is 1.81 bits per heavy atom. The number of nitrogens with two attached hydrogens (primary N) is 2. The Morgan fingerprint density at radius 3 is 2.55 bits per heavy atom. The minimum Gasteiger partial charge on any atom is -0.399 e. The number of amides is 1. The lowest BCUT2D eigenvalue weighted by molar-refractivity contribution is -0.187. The molecule has 12 heteroatoms. The number of hydrogen-bond donors (Lipinski definition) is 3. The van der Waals surface area contributed by atoms with Crippen molar-refractivity contribution in [1.29, 1.82) is 0 Å². The summed E-state index contributed by atoms with van der Waals surface area (Å²) in [4.78, 5) is 28.4. The number of fused-ring (bicyclic) bond motifs is 1. The predicted octanol–water partition coefficient (Wildman–Crippen LogP) is 3.07. The molecule has 0 radical (unpaired) electrons. The summed E-state index contributed by atoms with van der Waals surface area (Å²) in [7, 11) is -3.66. The lowest BCUT2D eigenvalue weighted by Gasteiger charge is -2.26. The first kappa shape index (κ1) is 29.4. The average molecular weight is 590 g/mol. The molecule has 2 aromatic carbocycles. The van der Waals surface area contributed by atoms with Gasteiger partial charge in [0.15, 0.2) is 0 Å². The number of aliphatic imine (C=N–C) groups is 1. The van der Waals surface area contributed by atoms with Crippen LogP contribution in [0.3, 0.4) is 0 Å².